The van der Waals surface area contributed by atoms with Gasteiger partial charge in [-0.2, -0.15) is 0 Å². The van der Waals surface area contributed by atoms with E-state index in [0.717, 1.165) is 64.2 Å². The summed E-state index contributed by atoms with van der Waals surface area (Å²) in [5, 5.41) is 31.3. The minimum absolute atomic E-state index is 0.0889. The molecule has 54 heavy (non-hydrogen) atoms. The fourth-order valence-electron chi connectivity index (χ4n) is 7.35. The summed E-state index contributed by atoms with van der Waals surface area (Å²) in [4.78, 5) is 43.1. The number of carbonyl (C=O) groups is 2. The minimum Gasteiger partial charge on any atom is -0.462 e. The lowest BCUT2D eigenvalue weighted by Crippen LogP contribution is -2.29. The standard InChI is InChI=1S/C42H79O11P/c1-3-5-7-8-9-10-11-12-13-14-15-16-17-18-19-24-28-41(46)51-33-36(34-52-54(48,49)50)53-42(47)29-25-21-20-23-27-37-38(40(45)32-39(37)44)31-30-35(43)26-22-6-4-2/h30-31,35-40,43-45H,3-29,32-34H2,1-2H3,(H2,48,49,50)/b31-30+/t35-,36+,37+,38+,39-,40+/m0/s1. The molecule has 0 aromatic heterocycles. The second-order valence-corrected chi connectivity index (χ2v) is 16.9. The number of phosphoric ester groups is 1. The van der Waals surface area contributed by atoms with Gasteiger partial charge in [0.25, 0.3) is 0 Å². The van der Waals surface area contributed by atoms with Gasteiger partial charge in [0.05, 0.1) is 24.9 Å². The molecule has 11 nitrogen and oxygen atoms in total. The molecule has 0 unspecified atom stereocenters. The summed E-state index contributed by atoms with van der Waals surface area (Å²) in [7, 11) is -4.81. The zero-order chi connectivity index (χ0) is 39.9. The Morgan fingerprint density at radius 1 is 0.667 bits per heavy atom. The SMILES string of the molecule is CCCCCCCCCCCCCCCCCCC(=O)OC[C@H](COP(=O)(O)O)OC(=O)CCCCCC[C@@H]1[C@@H](/C=C/[C@@H](O)CCCCC)[C@H](O)C[C@@H]1O. The van der Waals surface area contributed by atoms with Crippen molar-refractivity contribution < 1.29 is 53.3 Å². The molecule has 12 heteroatoms. The first-order valence-electron chi connectivity index (χ1n) is 21.7. The summed E-state index contributed by atoms with van der Waals surface area (Å²) >= 11 is 0. The van der Waals surface area contributed by atoms with Gasteiger partial charge >= 0.3 is 19.8 Å². The van der Waals surface area contributed by atoms with Crippen LogP contribution in [0, 0.1) is 11.8 Å². The Morgan fingerprint density at radius 2 is 1.15 bits per heavy atom. The average molecular weight is 791 g/mol. The zero-order valence-electron chi connectivity index (χ0n) is 34.0. The molecule has 1 saturated carbocycles. The van der Waals surface area contributed by atoms with E-state index in [-0.39, 0.29) is 31.3 Å². The largest absolute Gasteiger partial charge is 0.469 e. The van der Waals surface area contributed by atoms with Gasteiger partial charge in [0.1, 0.15) is 6.61 Å². The lowest BCUT2D eigenvalue weighted by molar-refractivity contribution is -0.161. The lowest BCUT2D eigenvalue weighted by atomic mass is 9.88. The van der Waals surface area contributed by atoms with E-state index in [2.05, 4.69) is 18.4 Å². The van der Waals surface area contributed by atoms with Gasteiger partial charge in [-0.3, -0.25) is 14.1 Å². The molecule has 0 radical (unpaired) electrons. The van der Waals surface area contributed by atoms with Crippen molar-refractivity contribution in [2.45, 2.75) is 218 Å². The van der Waals surface area contributed by atoms with E-state index in [1.54, 1.807) is 6.08 Å². The quantitative estimate of drug-likeness (QED) is 0.0177. The van der Waals surface area contributed by atoms with Crippen LogP contribution < -0.4 is 0 Å². The summed E-state index contributed by atoms with van der Waals surface area (Å²) in [5.74, 6) is -1.31. The minimum atomic E-state index is -4.81. The molecule has 0 heterocycles. The highest BCUT2D eigenvalue weighted by Crippen LogP contribution is 2.38. The normalized spacial score (nSPS) is 20.1. The molecule has 0 aliphatic heterocycles. The number of hydrogen-bond acceptors (Lipinski definition) is 9. The Balaban J connectivity index is 2.24. The Labute approximate surface area is 327 Å². The maximum absolute atomic E-state index is 12.5. The Kier molecular flexibility index (Phi) is 30.7. The molecule has 0 amide bonds. The molecule has 0 bridgehead atoms. The van der Waals surface area contributed by atoms with Crippen LogP contribution >= 0.6 is 7.82 Å². The monoisotopic (exact) mass is 791 g/mol. The van der Waals surface area contributed by atoms with Gasteiger partial charge in [-0.15, -0.1) is 0 Å². The average Bonchev–Trinajstić information content (AvgIpc) is 3.40. The number of phosphoric acid groups is 1. The Bertz CT molecular complexity index is 1000. The highest BCUT2D eigenvalue weighted by atomic mass is 31.2. The maximum atomic E-state index is 12.5. The topological polar surface area (TPSA) is 180 Å². The van der Waals surface area contributed by atoms with Crippen LogP contribution in [0.25, 0.3) is 0 Å². The summed E-state index contributed by atoms with van der Waals surface area (Å²) < 4.78 is 26.4. The lowest BCUT2D eigenvalue weighted by Gasteiger charge is -2.21. The number of hydrogen-bond donors (Lipinski definition) is 5. The highest BCUT2D eigenvalue weighted by molar-refractivity contribution is 7.46. The smallest absolute Gasteiger partial charge is 0.462 e. The first kappa shape index (κ1) is 50.7. The van der Waals surface area contributed by atoms with Crippen molar-refractivity contribution in [1.29, 1.82) is 0 Å². The predicted octanol–water partition coefficient (Wildman–Crippen LogP) is 9.40. The van der Waals surface area contributed by atoms with Crippen LogP contribution in [0.2, 0.25) is 0 Å². The molecule has 1 fully saturated rings. The van der Waals surface area contributed by atoms with Crippen LogP contribution in [0.4, 0.5) is 0 Å². The van der Waals surface area contributed by atoms with E-state index in [1.807, 2.05) is 6.08 Å². The molecular weight excluding hydrogens is 711 g/mol. The second kappa shape index (κ2) is 32.7. The van der Waals surface area contributed by atoms with Gasteiger partial charge < -0.3 is 34.6 Å². The fourth-order valence-corrected chi connectivity index (χ4v) is 7.71. The van der Waals surface area contributed by atoms with Crippen molar-refractivity contribution in [3.05, 3.63) is 12.2 Å². The maximum Gasteiger partial charge on any atom is 0.469 e. The van der Waals surface area contributed by atoms with Crippen molar-refractivity contribution in [3.63, 3.8) is 0 Å². The summed E-state index contributed by atoms with van der Waals surface area (Å²) in [6.07, 6.45) is 28.5. The first-order valence-corrected chi connectivity index (χ1v) is 23.3. The van der Waals surface area contributed by atoms with Gasteiger partial charge in [-0.05, 0) is 31.6 Å². The van der Waals surface area contributed by atoms with Crippen LogP contribution in [0.15, 0.2) is 12.2 Å². The Morgan fingerprint density at radius 3 is 1.69 bits per heavy atom. The highest BCUT2D eigenvalue weighted by Gasteiger charge is 2.39. The number of unbranched alkanes of at least 4 members (excludes halogenated alkanes) is 20. The second-order valence-electron chi connectivity index (χ2n) is 15.6. The van der Waals surface area contributed by atoms with E-state index < -0.39 is 50.8 Å². The van der Waals surface area contributed by atoms with Gasteiger partial charge in [0.2, 0.25) is 0 Å². The van der Waals surface area contributed by atoms with E-state index in [1.165, 1.54) is 77.0 Å². The first-order chi connectivity index (χ1) is 26.0. The number of aliphatic hydroxyl groups excluding tert-OH is 3. The van der Waals surface area contributed by atoms with Crippen molar-refractivity contribution >= 4 is 19.8 Å². The molecule has 0 aromatic carbocycles. The third kappa shape index (κ3) is 28.1. The summed E-state index contributed by atoms with van der Waals surface area (Å²) in [5.41, 5.74) is 0. The van der Waals surface area contributed by atoms with E-state index in [0.29, 0.717) is 25.7 Å². The van der Waals surface area contributed by atoms with Gasteiger partial charge in [-0.1, -0.05) is 161 Å². The van der Waals surface area contributed by atoms with E-state index >= 15 is 0 Å². The number of carbonyl (C=O) groups excluding carboxylic acids is 2. The van der Waals surface area contributed by atoms with Gasteiger partial charge in [0.15, 0.2) is 6.10 Å². The van der Waals surface area contributed by atoms with Crippen molar-refractivity contribution in [1.82, 2.24) is 0 Å². The van der Waals surface area contributed by atoms with Crippen LogP contribution in [-0.4, -0.2) is 74.7 Å². The van der Waals surface area contributed by atoms with Crippen LogP contribution in [-0.2, 0) is 28.2 Å². The van der Waals surface area contributed by atoms with Gasteiger partial charge in [0, 0.05) is 25.2 Å². The van der Waals surface area contributed by atoms with Crippen molar-refractivity contribution in [2.75, 3.05) is 13.2 Å². The van der Waals surface area contributed by atoms with E-state index in [9.17, 15) is 29.5 Å². The zero-order valence-corrected chi connectivity index (χ0v) is 34.9. The molecule has 1 aliphatic rings. The van der Waals surface area contributed by atoms with Crippen molar-refractivity contribution in [2.24, 2.45) is 11.8 Å². The molecular formula is C42H79O11P. The molecule has 1 rings (SSSR count). The molecule has 318 valence electrons. The number of rotatable bonds is 36. The van der Waals surface area contributed by atoms with E-state index in [4.69, 9.17) is 19.3 Å². The Hall–Kier alpha value is -1.33. The third-order valence-electron chi connectivity index (χ3n) is 10.6. The number of aliphatic hydroxyl groups is 3. The van der Waals surface area contributed by atoms with Crippen LogP contribution in [0.3, 0.4) is 0 Å². The van der Waals surface area contributed by atoms with Gasteiger partial charge in [-0.25, -0.2) is 4.57 Å². The number of esters is 2. The van der Waals surface area contributed by atoms with Crippen molar-refractivity contribution in [3.8, 4) is 0 Å². The molecule has 0 aromatic rings. The molecule has 0 spiro atoms. The fraction of sp³-hybridized carbons (Fsp3) is 0.905. The molecule has 0 saturated heterocycles. The van der Waals surface area contributed by atoms with Crippen LogP contribution in [0.1, 0.15) is 194 Å². The summed E-state index contributed by atoms with van der Waals surface area (Å²) in [6, 6.07) is 0. The molecule has 1 aliphatic carbocycles. The third-order valence-corrected chi connectivity index (χ3v) is 11.1. The predicted molar refractivity (Wildman–Crippen MR) is 214 cm³/mol. The molecule has 5 N–H and O–H groups in total. The number of ether oxygens (including phenoxy) is 2. The summed E-state index contributed by atoms with van der Waals surface area (Å²) in [6.45, 7) is 3.43. The van der Waals surface area contributed by atoms with Crippen LogP contribution in [0.5, 0.6) is 0 Å². The molecule has 6 atom stereocenters.